The Bertz CT molecular complexity index is 391. The molecule has 0 aliphatic carbocycles. The van der Waals surface area contributed by atoms with Gasteiger partial charge in [-0.3, -0.25) is 4.79 Å². The van der Waals surface area contributed by atoms with Gasteiger partial charge in [0.05, 0.1) is 11.2 Å². The second-order valence-corrected chi connectivity index (χ2v) is 6.03. The van der Waals surface area contributed by atoms with E-state index in [4.69, 9.17) is 0 Å². The molecule has 1 amide bonds. The quantitative estimate of drug-likeness (QED) is 0.893. The van der Waals surface area contributed by atoms with Crippen molar-refractivity contribution in [1.29, 1.82) is 0 Å². The molecule has 0 aliphatic heterocycles. The van der Waals surface area contributed by atoms with E-state index >= 15 is 0 Å². The summed E-state index contributed by atoms with van der Waals surface area (Å²) in [4.78, 5) is 17.0. The van der Waals surface area contributed by atoms with Crippen LogP contribution in [0.5, 0.6) is 0 Å². The predicted octanol–water partition coefficient (Wildman–Crippen LogP) is 2.62. The summed E-state index contributed by atoms with van der Waals surface area (Å²) in [6.07, 6.45) is 0. The summed E-state index contributed by atoms with van der Waals surface area (Å²) < 4.78 is 0. The highest BCUT2D eigenvalue weighted by Crippen LogP contribution is 2.26. The zero-order valence-electron chi connectivity index (χ0n) is 11.9. The lowest BCUT2D eigenvalue weighted by molar-refractivity contribution is 0.0952. The number of amides is 1. The Balaban J connectivity index is 0. The van der Waals surface area contributed by atoms with Crippen molar-refractivity contribution in [2.24, 2.45) is 0 Å². The van der Waals surface area contributed by atoms with E-state index in [1.165, 1.54) is 11.3 Å². The highest BCUT2D eigenvalue weighted by atomic mass is 35.5. The fourth-order valence-electron chi connectivity index (χ4n) is 1.37. The molecule has 0 aliphatic rings. The van der Waals surface area contributed by atoms with Gasteiger partial charge in [0.25, 0.3) is 5.91 Å². The fourth-order valence-corrected chi connectivity index (χ4v) is 2.28. The minimum Gasteiger partial charge on any atom is -0.350 e. The van der Waals surface area contributed by atoms with Crippen LogP contribution < -0.4 is 10.6 Å². The molecule has 0 aromatic carbocycles. The number of rotatable bonds is 4. The van der Waals surface area contributed by atoms with Crippen molar-refractivity contribution in [3.8, 4) is 0 Å². The first kappa shape index (κ1) is 20.9. The van der Waals surface area contributed by atoms with Crippen LogP contribution in [0.1, 0.15) is 43.1 Å². The topological polar surface area (TPSA) is 54.0 Å². The molecule has 19 heavy (non-hydrogen) atoms. The van der Waals surface area contributed by atoms with Gasteiger partial charge in [-0.15, -0.1) is 36.2 Å². The first-order valence-electron chi connectivity index (χ1n) is 5.75. The molecule has 0 saturated heterocycles. The smallest absolute Gasteiger partial charge is 0.263 e. The van der Waals surface area contributed by atoms with Crippen LogP contribution in [0.25, 0.3) is 0 Å². The van der Waals surface area contributed by atoms with Gasteiger partial charge in [0.1, 0.15) is 4.88 Å². The normalized spacial score (nSPS) is 12.1. The lowest BCUT2D eigenvalue weighted by Gasteiger charge is -2.18. The van der Waals surface area contributed by atoms with Gasteiger partial charge < -0.3 is 10.6 Å². The number of hydrogen-bond donors (Lipinski definition) is 2. The van der Waals surface area contributed by atoms with Gasteiger partial charge >= 0.3 is 0 Å². The van der Waals surface area contributed by atoms with Crippen molar-refractivity contribution in [3.05, 3.63) is 16.1 Å². The van der Waals surface area contributed by atoms with E-state index in [0.29, 0.717) is 6.54 Å². The van der Waals surface area contributed by atoms with Gasteiger partial charge in [0.15, 0.2) is 0 Å². The Morgan fingerprint density at radius 3 is 2.47 bits per heavy atom. The van der Waals surface area contributed by atoms with Crippen molar-refractivity contribution >= 4 is 42.1 Å². The molecule has 0 radical (unpaired) electrons. The Morgan fingerprint density at radius 1 is 1.42 bits per heavy atom. The summed E-state index contributed by atoms with van der Waals surface area (Å²) >= 11 is 1.40. The van der Waals surface area contributed by atoms with Crippen LogP contribution >= 0.6 is 36.2 Å². The van der Waals surface area contributed by atoms with Crippen molar-refractivity contribution < 1.29 is 4.79 Å². The zero-order chi connectivity index (χ0) is 13.1. The SMILES string of the molecule is CNC(C)CNC(=O)c1scnc1C(C)(C)C.Cl.Cl. The molecule has 7 heteroatoms. The van der Waals surface area contributed by atoms with Gasteiger partial charge in [0.2, 0.25) is 0 Å². The van der Waals surface area contributed by atoms with E-state index in [9.17, 15) is 4.79 Å². The third kappa shape index (κ3) is 6.08. The van der Waals surface area contributed by atoms with Crippen LogP contribution in [0.4, 0.5) is 0 Å². The van der Waals surface area contributed by atoms with Crippen LogP contribution in [-0.2, 0) is 5.41 Å². The molecule has 112 valence electrons. The van der Waals surface area contributed by atoms with Crippen molar-refractivity contribution in [3.63, 3.8) is 0 Å². The van der Waals surface area contributed by atoms with Crippen LogP contribution in [-0.4, -0.2) is 30.5 Å². The molecule has 1 atom stereocenters. The number of thiazole rings is 1. The number of hydrogen-bond acceptors (Lipinski definition) is 4. The molecule has 1 rings (SSSR count). The molecule has 0 saturated carbocycles. The number of carbonyl (C=O) groups excluding carboxylic acids is 1. The molecule has 1 unspecified atom stereocenters. The van der Waals surface area contributed by atoms with Crippen molar-refractivity contribution in [2.45, 2.75) is 39.2 Å². The van der Waals surface area contributed by atoms with Gasteiger partial charge in [0, 0.05) is 18.0 Å². The second kappa shape index (κ2) is 8.74. The summed E-state index contributed by atoms with van der Waals surface area (Å²) in [7, 11) is 1.88. The molecule has 1 aromatic heterocycles. The molecular weight excluding hydrogens is 305 g/mol. The number of nitrogens with zero attached hydrogens (tertiary/aromatic N) is 1. The van der Waals surface area contributed by atoms with Crippen LogP contribution in [0.3, 0.4) is 0 Å². The first-order chi connectivity index (χ1) is 7.86. The average molecular weight is 328 g/mol. The van der Waals surface area contributed by atoms with E-state index in [2.05, 4.69) is 36.4 Å². The Hall–Kier alpha value is -0.360. The van der Waals surface area contributed by atoms with Crippen LogP contribution in [0, 0.1) is 0 Å². The largest absolute Gasteiger partial charge is 0.350 e. The molecule has 0 spiro atoms. The zero-order valence-corrected chi connectivity index (χ0v) is 14.4. The Kier molecular flexibility index (Phi) is 9.64. The van der Waals surface area contributed by atoms with E-state index in [-0.39, 0.29) is 42.2 Å². The maximum Gasteiger partial charge on any atom is 0.263 e. The lowest BCUT2D eigenvalue weighted by Crippen LogP contribution is -2.37. The molecule has 0 fully saturated rings. The highest BCUT2D eigenvalue weighted by molar-refractivity contribution is 7.11. The third-order valence-electron chi connectivity index (χ3n) is 2.55. The Labute approximate surface area is 131 Å². The van der Waals surface area contributed by atoms with Crippen molar-refractivity contribution in [1.82, 2.24) is 15.6 Å². The monoisotopic (exact) mass is 327 g/mol. The van der Waals surface area contributed by atoms with Gasteiger partial charge in [-0.05, 0) is 14.0 Å². The van der Waals surface area contributed by atoms with Crippen molar-refractivity contribution in [2.75, 3.05) is 13.6 Å². The minimum absolute atomic E-state index is 0. The predicted molar refractivity (Wildman–Crippen MR) is 86.2 cm³/mol. The van der Waals surface area contributed by atoms with Gasteiger partial charge in [-0.25, -0.2) is 4.98 Å². The molecule has 0 bridgehead atoms. The maximum atomic E-state index is 12.0. The number of carbonyl (C=O) groups is 1. The molecule has 1 aromatic rings. The maximum absolute atomic E-state index is 12.0. The summed E-state index contributed by atoms with van der Waals surface area (Å²) in [5.41, 5.74) is 2.51. The van der Waals surface area contributed by atoms with E-state index in [1.54, 1.807) is 5.51 Å². The summed E-state index contributed by atoms with van der Waals surface area (Å²) in [6, 6.07) is 0.268. The molecule has 2 N–H and O–H groups in total. The van der Waals surface area contributed by atoms with E-state index < -0.39 is 0 Å². The van der Waals surface area contributed by atoms with Gasteiger partial charge in [-0.1, -0.05) is 20.8 Å². The van der Waals surface area contributed by atoms with Gasteiger partial charge in [-0.2, -0.15) is 0 Å². The van der Waals surface area contributed by atoms with Crippen LogP contribution in [0.15, 0.2) is 5.51 Å². The highest BCUT2D eigenvalue weighted by Gasteiger charge is 2.24. The third-order valence-corrected chi connectivity index (χ3v) is 3.37. The number of aromatic nitrogens is 1. The van der Waals surface area contributed by atoms with E-state index in [1.807, 2.05) is 14.0 Å². The summed E-state index contributed by atoms with van der Waals surface area (Å²) in [6.45, 7) is 8.84. The Morgan fingerprint density at radius 2 is 2.00 bits per heavy atom. The van der Waals surface area contributed by atoms with Crippen LogP contribution in [0.2, 0.25) is 0 Å². The standard InChI is InChI=1S/C12H21N3OS.2ClH/c1-8(13-5)6-14-11(16)9-10(12(2,3)4)15-7-17-9;;/h7-8,13H,6H2,1-5H3,(H,14,16);2*1H. The first-order valence-corrected chi connectivity index (χ1v) is 6.63. The summed E-state index contributed by atoms with van der Waals surface area (Å²) in [5, 5.41) is 6.00. The number of likely N-dealkylation sites (N-methyl/N-ethyl adjacent to an activating group) is 1. The minimum atomic E-state index is -0.0959. The molecular formula is C12H23Cl2N3OS. The average Bonchev–Trinajstić information content (AvgIpc) is 2.73. The molecule has 1 heterocycles. The molecule has 4 nitrogen and oxygen atoms in total. The number of nitrogens with one attached hydrogen (secondary N) is 2. The number of halogens is 2. The van der Waals surface area contributed by atoms with E-state index in [0.717, 1.165) is 10.6 Å². The lowest BCUT2D eigenvalue weighted by atomic mass is 9.91. The second-order valence-electron chi connectivity index (χ2n) is 5.18. The summed E-state index contributed by atoms with van der Waals surface area (Å²) in [5.74, 6) is -0.0282. The fraction of sp³-hybridized carbons (Fsp3) is 0.667.